The zero-order valence-corrected chi connectivity index (χ0v) is 25.0. The molecule has 2 aliphatic carbocycles. The lowest BCUT2D eigenvalue weighted by Crippen LogP contribution is -2.76. The Morgan fingerprint density at radius 3 is 2.38 bits per heavy atom. The van der Waals surface area contributed by atoms with Crippen LogP contribution in [0.3, 0.4) is 0 Å². The van der Waals surface area contributed by atoms with E-state index >= 15 is 0 Å². The first-order chi connectivity index (χ1) is 19.7. The van der Waals surface area contributed by atoms with Crippen LogP contribution in [0.1, 0.15) is 66.1 Å². The smallest absolute Gasteiger partial charge is 0.339 e. The molecule has 10 atom stereocenters. The Bertz CT molecular complexity index is 1350. The third-order valence-corrected chi connectivity index (χ3v) is 11.0. The average molecular weight is 587 g/mol. The molecule has 0 N–H and O–H groups in total. The average Bonchev–Trinajstić information content (AvgIpc) is 3.37. The Labute approximate surface area is 244 Å². The van der Waals surface area contributed by atoms with E-state index in [-0.39, 0.29) is 12.5 Å². The zero-order chi connectivity index (χ0) is 30.5. The van der Waals surface area contributed by atoms with Crippen molar-refractivity contribution < 1.29 is 52.0 Å². The van der Waals surface area contributed by atoms with Gasteiger partial charge in [-0.25, -0.2) is 9.59 Å². The van der Waals surface area contributed by atoms with Crippen LogP contribution in [0, 0.1) is 28.1 Å². The van der Waals surface area contributed by atoms with Gasteiger partial charge in [-0.15, -0.1) is 0 Å². The highest BCUT2D eigenvalue weighted by Gasteiger charge is 2.90. The van der Waals surface area contributed by atoms with Crippen molar-refractivity contribution in [2.45, 2.75) is 90.0 Å². The SMILES string of the molecule is COC(=O)C=CC12COC(C)(C)C1C(OC(C)=O)C(OC(C)=O)C1(C)C2CCC2(C)C(c3ccoc3)OC(=O)C3OC321. The van der Waals surface area contributed by atoms with Gasteiger partial charge in [-0.1, -0.05) is 19.9 Å². The molecule has 6 rings (SSSR count). The molecule has 0 aromatic carbocycles. The number of esters is 4. The molecule has 1 aromatic heterocycles. The monoisotopic (exact) mass is 586 g/mol. The summed E-state index contributed by atoms with van der Waals surface area (Å²) < 4.78 is 41.6. The van der Waals surface area contributed by atoms with Crippen LogP contribution in [-0.2, 0) is 47.6 Å². The number of carbonyl (C=O) groups is 4. The topological polar surface area (TPSA) is 140 Å². The van der Waals surface area contributed by atoms with Crippen molar-refractivity contribution in [3.63, 3.8) is 0 Å². The van der Waals surface area contributed by atoms with Gasteiger partial charge in [0.2, 0.25) is 0 Å². The number of furan rings is 1. The minimum atomic E-state index is -1.16. The van der Waals surface area contributed by atoms with Gasteiger partial charge in [0.25, 0.3) is 0 Å². The molecule has 1 aromatic rings. The molecule has 1 spiro atoms. The van der Waals surface area contributed by atoms with Crippen molar-refractivity contribution in [3.8, 4) is 0 Å². The van der Waals surface area contributed by atoms with E-state index in [4.69, 9.17) is 32.8 Å². The summed E-state index contributed by atoms with van der Waals surface area (Å²) in [5.41, 5.74) is -4.05. The normalized spacial score (nSPS) is 44.6. The first kappa shape index (κ1) is 28.9. The maximum atomic E-state index is 13.5. The van der Waals surface area contributed by atoms with Gasteiger partial charge >= 0.3 is 23.9 Å². The largest absolute Gasteiger partial charge is 0.472 e. The molecule has 42 heavy (non-hydrogen) atoms. The van der Waals surface area contributed by atoms with Crippen LogP contribution in [0.4, 0.5) is 0 Å². The Morgan fingerprint density at radius 2 is 1.76 bits per heavy atom. The second kappa shape index (κ2) is 9.16. The van der Waals surface area contributed by atoms with Crippen LogP contribution in [0.25, 0.3) is 0 Å². The highest BCUT2D eigenvalue weighted by atomic mass is 16.7. The van der Waals surface area contributed by atoms with E-state index in [0.29, 0.717) is 18.4 Å². The van der Waals surface area contributed by atoms with E-state index in [9.17, 15) is 19.2 Å². The van der Waals surface area contributed by atoms with Crippen molar-refractivity contribution in [3.05, 3.63) is 36.3 Å². The van der Waals surface area contributed by atoms with Gasteiger partial charge in [-0.3, -0.25) is 9.59 Å². The van der Waals surface area contributed by atoms with Gasteiger partial charge in [0.15, 0.2) is 6.10 Å². The predicted octanol–water partition coefficient (Wildman–Crippen LogP) is 3.46. The van der Waals surface area contributed by atoms with Gasteiger partial charge in [0.05, 0.1) is 31.8 Å². The lowest BCUT2D eigenvalue weighted by atomic mass is 9.37. The molecule has 5 aliphatic rings. The fraction of sp³-hybridized carbons (Fsp3) is 0.677. The third kappa shape index (κ3) is 3.52. The predicted molar refractivity (Wildman–Crippen MR) is 142 cm³/mol. The second-order valence-corrected chi connectivity index (χ2v) is 13.3. The Kier molecular flexibility index (Phi) is 6.31. The first-order valence-electron chi connectivity index (χ1n) is 14.4. The van der Waals surface area contributed by atoms with Gasteiger partial charge in [-0.2, -0.15) is 0 Å². The highest BCUT2D eigenvalue weighted by Crippen LogP contribution is 2.80. The van der Waals surface area contributed by atoms with Crippen molar-refractivity contribution in [1.29, 1.82) is 0 Å². The fourth-order valence-corrected chi connectivity index (χ4v) is 9.67. The molecule has 10 unspecified atom stereocenters. The summed E-state index contributed by atoms with van der Waals surface area (Å²) in [7, 11) is 1.30. The van der Waals surface area contributed by atoms with Crippen molar-refractivity contribution in [2.75, 3.05) is 13.7 Å². The first-order valence-corrected chi connectivity index (χ1v) is 14.4. The van der Waals surface area contributed by atoms with Gasteiger partial charge in [0, 0.05) is 47.6 Å². The molecule has 5 fully saturated rings. The number of fused-ring (bicyclic) bond motifs is 3. The summed E-state index contributed by atoms with van der Waals surface area (Å²) in [4.78, 5) is 51.5. The number of rotatable bonds is 5. The number of hydrogen-bond donors (Lipinski definition) is 0. The molecule has 0 amide bonds. The maximum Gasteiger partial charge on any atom is 0.339 e. The van der Waals surface area contributed by atoms with Crippen LogP contribution in [-0.4, -0.2) is 67.1 Å². The van der Waals surface area contributed by atoms with E-state index in [2.05, 4.69) is 0 Å². The lowest BCUT2D eigenvalue weighted by molar-refractivity contribution is -0.274. The number of ether oxygens (including phenoxy) is 6. The number of carbonyl (C=O) groups excluding carboxylic acids is 4. The Balaban J connectivity index is 1.62. The molecule has 0 radical (unpaired) electrons. The molecular weight excluding hydrogens is 548 g/mol. The highest BCUT2D eigenvalue weighted by molar-refractivity contribution is 5.83. The van der Waals surface area contributed by atoms with Crippen LogP contribution >= 0.6 is 0 Å². The number of epoxide rings is 1. The minimum absolute atomic E-state index is 0.204. The van der Waals surface area contributed by atoms with E-state index in [1.807, 2.05) is 33.8 Å². The molecule has 11 nitrogen and oxygen atoms in total. The molecule has 2 saturated carbocycles. The van der Waals surface area contributed by atoms with Gasteiger partial charge in [-0.05, 0) is 38.7 Å². The molecule has 228 valence electrons. The summed E-state index contributed by atoms with van der Waals surface area (Å²) in [6.45, 7) is 10.6. The zero-order valence-electron chi connectivity index (χ0n) is 25.0. The van der Waals surface area contributed by atoms with E-state index in [1.54, 1.807) is 12.3 Å². The summed E-state index contributed by atoms with van der Waals surface area (Å²) in [5.74, 6) is -3.02. The molecular formula is C31H38O11. The summed E-state index contributed by atoms with van der Waals surface area (Å²) >= 11 is 0. The summed E-state index contributed by atoms with van der Waals surface area (Å²) in [6, 6.07) is 1.77. The van der Waals surface area contributed by atoms with Crippen LogP contribution < -0.4 is 0 Å². The number of methoxy groups -OCH3 is 1. The van der Waals surface area contributed by atoms with Crippen LogP contribution in [0.5, 0.6) is 0 Å². The summed E-state index contributed by atoms with van der Waals surface area (Å²) in [5, 5.41) is 0. The Morgan fingerprint density at radius 1 is 1.05 bits per heavy atom. The van der Waals surface area contributed by atoms with E-state index < -0.39 is 81.7 Å². The second-order valence-electron chi connectivity index (χ2n) is 13.3. The number of hydrogen-bond acceptors (Lipinski definition) is 11. The standard InChI is InChI=1S/C31H38O11/c1-16(32)39-21-22-27(3,4)38-15-30(22,12-9-20(34)36-7)19-8-11-28(5)23(18-10-13-37-14-18)41-26(35)25-31(28,42-25)29(19,6)24(21)40-17(2)33/h9-10,12-14,19,21-25H,8,11,15H2,1-7H3. The van der Waals surface area contributed by atoms with Crippen LogP contribution in [0.15, 0.2) is 35.2 Å². The maximum absolute atomic E-state index is 13.5. The molecule has 3 saturated heterocycles. The molecule has 4 heterocycles. The van der Waals surface area contributed by atoms with Crippen molar-refractivity contribution in [1.82, 2.24) is 0 Å². The van der Waals surface area contributed by atoms with Crippen LogP contribution in [0.2, 0.25) is 0 Å². The quantitative estimate of drug-likeness (QED) is 0.217. The van der Waals surface area contributed by atoms with E-state index in [1.165, 1.54) is 33.3 Å². The van der Waals surface area contributed by atoms with Crippen molar-refractivity contribution >= 4 is 23.9 Å². The Hall–Kier alpha value is -3.18. The van der Waals surface area contributed by atoms with Crippen molar-refractivity contribution in [2.24, 2.45) is 28.1 Å². The number of cyclic esters (lactones) is 1. The molecule has 3 aliphatic heterocycles. The van der Waals surface area contributed by atoms with Gasteiger partial charge in [0.1, 0.15) is 23.9 Å². The fourth-order valence-electron chi connectivity index (χ4n) is 9.67. The molecule has 11 heteroatoms. The van der Waals surface area contributed by atoms with Gasteiger partial charge < -0.3 is 32.8 Å². The van der Waals surface area contributed by atoms with E-state index in [0.717, 1.165) is 0 Å². The summed E-state index contributed by atoms with van der Waals surface area (Å²) in [6.07, 6.45) is 3.84. The third-order valence-electron chi connectivity index (χ3n) is 11.0. The lowest BCUT2D eigenvalue weighted by Gasteiger charge is -2.67. The minimum Gasteiger partial charge on any atom is -0.472 e. The molecule has 0 bridgehead atoms.